The van der Waals surface area contributed by atoms with Gasteiger partial charge in [0.2, 0.25) is 0 Å². The summed E-state index contributed by atoms with van der Waals surface area (Å²) in [7, 11) is 0. The lowest BCUT2D eigenvalue weighted by Crippen LogP contribution is -2.46. The predicted octanol–water partition coefficient (Wildman–Crippen LogP) is 2.63. The maximum atomic E-state index is 5.66. The van der Waals surface area contributed by atoms with Gasteiger partial charge in [0.25, 0.3) is 0 Å². The first-order valence-electron chi connectivity index (χ1n) is 11.4. The highest BCUT2D eigenvalue weighted by Gasteiger charge is 2.17. The lowest BCUT2D eigenvalue weighted by Gasteiger charge is -2.36. The number of nitrogens with zero attached hydrogens (tertiary/aromatic N) is 3. The van der Waals surface area contributed by atoms with Crippen molar-refractivity contribution >= 4 is 11.6 Å². The van der Waals surface area contributed by atoms with Crippen LogP contribution in [0.2, 0.25) is 0 Å². The minimum atomic E-state index is 0.309. The Morgan fingerprint density at radius 1 is 1.17 bits per heavy atom. The number of hydrogen-bond donors (Lipinski definition) is 2. The molecule has 0 radical (unpaired) electrons. The number of nitrogens with one attached hydrogen (secondary N) is 2. The zero-order chi connectivity index (χ0) is 20.3. The van der Waals surface area contributed by atoms with Gasteiger partial charge in [0.15, 0.2) is 5.96 Å². The van der Waals surface area contributed by atoms with Gasteiger partial charge in [-0.1, -0.05) is 12.1 Å². The number of guanidine groups is 1. The summed E-state index contributed by atoms with van der Waals surface area (Å²) in [5.74, 6) is 0.926. The Bertz CT molecular complexity index is 621. The quantitative estimate of drug-likeness (QED) is 0.378. The fourth-order valence-electron chi connectivity index (χ4n) is 4.04. The maximum Gasteiger partial charge on any atom is 0.191 e. The number of hydrogen-bond acceptors (Lipinski definition) is 4. The lowest BCUT2D eigenvalue weighted by molar-refractivity contribution is 0.117. The van der Waals surface area contributed by atoms with Crippen molar-refractivity contribution in [3.63, 3.8) is 0 Å². The van der Waals surface area contributed by atoms with E-state index in [0.717, 1.165) is 64.8 Å². The van der Waals surface area contributed by atoms with E-state index in [0.29, 0.717) is 6.10 Å². The van der Waals surface area contributed by atoms with Gasteiger partial charge in [-0.25, -0.2) is 0 Å². The zero-order valence-electron chi connectivity index (χ0n) is 18.3. The average molecular weight is 402 g/mol. The van der Waals surface area contributed by atoms with Gasteiger partial charge in [0.1, 0.15) is 0 Å². The van der Waals surface area contributed by atoms with Gasteiger partial charge in [-0.05, 0) is 63.8 Å². The molecule has 1 aromatic rings. The molecule has 3 rings (SSSR count). The van der Waals surface area contributed by atoms with Crippen molar-refractivity contribution in [3.8, 4) is 0 Å². The number of piperazine rings is 1. The molecule has 1 atom stereocenters. The molecule has 0 bridgehead atoms. The van der Waals surface area contributed by atoms with E-state index in [1.165, 1.54) is 37.1 Å². The SMILES string of the molecule is CCNC(=NCC1CCCO1)NCCCCN1CCN(c2cccc(C)c2)CC1. The summed E-state index contributed by atoms with van der Waals surface area (Å²) in [4.78, 5) is 9.79. The van der Waals surface area contributed by atoms with Crippen molar-refractivity contribution in [2.45, 2.75) is 45.6 Å². The van der Waals surface area contributed by atoms with Crippen LogP contribution in [-0.2, 0) is 4.74 Å². The molecule has 0 amide bonds. The highest BCUT2D eigenvalue weighted by atomic mass is 16.5. The third-order valence-electron chi connectivity index (χ3n) is 5.75. The third-order valence-corrected chi connectivity index (χ3v) is 5.75. The molecule has 0 spiro atoms. The van der Waals surface area contributed by atoms with Gasteiger partial charge in [-0.3, -0.25) is 9.89 Å². The van der Waals surface area contributed by atoms with Crippen molar-refractivity contribution in [2.75, 3.05) is 63.9 Å². The first-order chi connectivity index (χ1) is 14.2. The largest absolute Gasteiger partial charge is 0.376 e. The van der Waals surface area contributed by atoms with E-state index in [-0.39, 0.29) is 0 Å². The van der Waals surface area contributed by atoms with Gasteiger partial charge in [-0.2, -0.15) is 0 Å². The molecule has 2 N–H and O–H groups in total. The van der Waals surface area contributed by atoms with Crippen molar-refractivity contribution in [1.29, 1.82) is 0 Å². The molecule has 162 valence electrons. The molecular formula is C23H39N5O. The van der Waals surface area contributed by atoms with E-state index in [1.54, 1.807) is 0 Å². The average Bonchev–Trinajstić information content (AvgIpc) is 3.26. The van der Waals surface area contributed by atoms with Crippen LogP contribution >= 0.6 is 0 Å². The second-order valence-electron chi connectivity index (χ2n) is 8.16. The minimum absolute atomic E-state index is 0.309. The highest BCUT2D eigenvalue weighted by molar-refractivity contribution is 5.79. The van der Waals surface area contributed by atoms with Crippen molar-refractivity contribution in [2.24, 2.45) is 4.99 Å². The van der Waals surface area contributed by atoms with E-state index in [2.05, 4.69) is 63.5 Å². The molecule has 2 aliphatic rings. The van der Waals surface area contributed by atoms with Gasteiger partial charge in [-0.15, -0.1) is 0 Å². The van der Waals surface area contributed by atoms with E-state index >= 15 is 0 Å². The van der Waals surface area contributed by atoms with Crippen LogP contribution in [0.1, 0.15) is 38.2 Å². The fourth-order valence-corrected chi connectivity index (χ4v) is 4.04. The summed E-state index contributed by atoms with van der Waals surface area (Å²) in [6.45, 7) is 13.6. The zero-order valence-corrected chi connectivity index (χ0v) is 18.3. The predicted molar refractivity (Wildman–Crippen MR) is 122 cm³/mol. The van der Waals surface area contributed by atoms with E-state index < -0.39 is 0 Å². The van der Waals surface area contributed by atoms with Crippen LogP contribution in [0.5, 0.6) is 0 Å². The Morgan fingerprint density at radius 3 is 2.76 bits per heavy atom. The van der Waals surface area contributed by atoms with Crippen LogP contribution in [0.3, 0.4) is 0 Å². The molecule has 2 heterocycles. The Morgan fingerprint density at radius 2 is 2.03 bits per heavy atom. The standard InChI is InChI=1S/C23H39N5O/c1-3-24-23(26-19-22-10-7-17-29-22)25-11-4-5-12-27-13-15-28(16-14-27)21-9-6-8-20(2)18-21/h6,8-9,18,22H,3-5,7,10-17,19H2,1-2H3,(H2,24,25,26). The van der Waals surface area contributed by atoms with Gasteiger partial charge >= 0.3 is 0 Å². The second kappa shape index (κ2) is 12.0. The number of aliphatic imine (C=N–C) groups is 1. The molecule has 2 aliphatic heterocycles. The Hall–Kier alpha value is -1.79. The van der Waals surface area contributed by atoms with E-state index in [1.807, 2.05) is 0 Å². The Labute approximate surface area is 176 Å². The number of benzene rings is 1. The monoisotopic (exact) mass is 401 g/mol. The Kier molecular flexibility index (Phi) is 9.09. The van der Waals surface area contributed by atoms with Gasteiger partial charge < -0.3 is 20.3 Å². The number of anilines is 1. The molecule has 6 nitrogen and oxygen atoms in total. The van der Waals surface area contributed by atoms with Crippen molar-refractivity contribution in [1.82, 2.24) is 15.5 Å². The smallest absolute Gasteiger partial charge is 0.191 e. The summed E-state index contributed by atoms with van der Waals surface area (Å²) >= 11 is 0. The lowest BCUT2D eigenvalue weighted by atomic mass is 10.2. The van der Waals surface area contributed by atoms with Crippen LogP contribution in [0.25, 0.3) is 0 Å². The van der Waals surface area contributed by atoms with Crippen LogP contribution < -0.4 is 15.5 Å². The summed E-state index contributed by atoms with van der Waals surface area (Å²) in [6.07, 6.45) is 5.01. The normalized spacial score (nSPS) is 20.8. The molecule has 1 aromatic carbocycles. The number of unbranched alkanes of at least 4 members (excludes halogenated alkanes) is 1. The van der Waals surface area contributed by atoms with E-state index in [9.17, 15) is 0 Å². The highest BCUT2D eigenvalue weighted by Crippen LogP contribution is 2.18. The Balaban J connectivity index is 1.28. The van der Waals surface area contributed by atoms with Gasteiger partial charge in [0.05, 0.1) is 12.6 Å². The third kappa shape index (κ3) is 7.52. The topological polar surface area (TPSA) is 52.1 Å². The molecule has 0 saturated carbocycles. The maximum absolute atomic E-state index is 5.66. The number of rotatable bonds is 9. The van der Waals surface area contributed by atoms with Crippen LogP contribution in [0, 0.1) is 6.92 Å². The van der Waals surface area contributed by atoms with Crippen LogP contribution in [-0.4, -0.2) is 75.9 Å². The number of ether oxygens (including phenoxy) is 1. The summed E-state index contributed by atoms with van der Waals surface area (Å²) in [6, 6.07) is 8.86. The van der Waals surface area contributed by atoms with Crippen molar-refractivity contribution in [3.05, 3.63) is 29.8 Å². The molecule has 0 aromatic heterocycles. The molecule has 29 heavy (non-hydrogen) atoms. The second-order valence-corrected chi connectivity index (χ2v) is 8.16. The van der Waals surface area contributed by atoms with Crippen LogP contribution in [0.15, 0.2) is 29.3 Å². The molecule has 2 saturated heterocycles. The first-order valence-corrected chi connectivity index (χ1v) is 11.4. The molecule has 2 fully saturated rings. The van der Waals surface area contributed by atoms with Crippen LogP contribution in [0.4, 0.5) is 5.69 Å². The van der Waals surface area contributed by atoms with Gasteiger partial charge in [0, 0.05) is 51.6 Å². The molecule has 6 heteroatoms. The first kappa shape index (κ1) is 21.9. The minimum Gasteiger partial charge on any atom is -0.376 e. The summed E-state index contributed by atoms with van der Waals surface area (Å²) < 4.78 is 5.66. The molecule has 1 unspecified atom stereocenters. The van der Waals surface area contributed by atoms with Crippen molar-refractivity contribution < 1.29 is 4.74 Å². The summed E-state index contributed by atoms with van der Waals surface area (Å²) in [5.41, 5.74) is 2.71. The van der Waals surface area contributed by atoms with E-state index in [4.69, 9.17) is 4.74 Å². The molecule has 0 aliphatic carbocycles. The molecular weight excluding hydrogens is 362 g/mol. The fraction of sp³-hybridized carbons (Fsp3) is 0.696. The number of aryl methyl sites for hydroxylation is 1. The summed E-state index contributed by atoms with van der Waals surface area (Å²) in [5, 5.41) is 6.81.